The third-order valence-electron chi connectivity index (χ3n) is 12.4. The fourth-order valence-electron chi connectivity index (χ4n) is 9.18. The van der Waals surface area contributed by atoms with Crippen LogP contribution in [0.1, 0.15) is 87.4 Å². The molecule has 0 bridgehead atoms. The third-order valence-corrected chi connectivity index (χ3v) is 12.9. The molecule has 336 valence electrons. The number of halogens is 4. The van der Waals surface area contributed by atoms with Gasteiger partial charge in [0.2, 0.25) is 5.91 Å². The highest BCUT2D eigenvalue weighted by atomic mass is 35.5. The highest BCUT2D eigenvalue weighted by Crippen LogP contribution is 2.32. The van der Waals surface area contributed by atoms with Crippen molar-refractivity contribution in [2.75, 3.05) is 10.6 Å². The summed E-state index contributed by atoms with van der Waals surface area (Å²) in [6.45, 7) is 0. The fraction of sp³-hybridized carbons (Fsp3) is 0.362. The van der Waals surface area contributed by atoms with Crippen molar-refractivity contribution in [3.8, 4) is 22.8 Å². The number of hydrogen-bond donors (Lipinski definition) is 6. The molecule has 0 spiro atoms. The monoisotopic (exact) mass is 920 g/mol. The molecule has 6 aromatic heterocycles. The van der Waals surface area contributed by atoms with Crippen LogP contribution in [0.3, 0.4) is 0 Å². The van der Waals surface area contributed by atoms with Gasteiger partial charge in [0, 0.05) is 82.3 Å². The second-order valence-corrected chi connectivity index (χ2v) is 17.9. The largest absolute Gasteiger partial charge is 0.365 e. The molecule has 3 aliphatic carbocycles. The Balaban J connectivity index is 0.000000164. The van der Waals surface area contributed by atoms with E-state index in [0.29, 0.717) is 56.1 Å². The summed E-state index contributed by atoms with van der Waals surface area (Å²) in [6, 6.07) is 12.8. The first-order chi connectivity index (χ1) is 31.6. The van der Waals surface area contributed by atoms with Gasteiger partial charge in [-0.05, 0) is 88.5 Å². The van der Waals surface area contributed by atoms with Crippen LogP contribution < -0.4 is 21.3 Å². The van der Waals surface area contributed by atoms with Crippen LogP contribution in [0, 0.1) is 17.6 Å². The Hall–Kier alpha value is -6.26. The van der Waals surface area contributed by atoms with Gasteiger partial charge in [-0.15, -0.1) is 0 Å². The van der Waals surface area contributed by atoms with Crippen molar-refractivity contribution in [1.29, 1.82) is 0 Å². The minimum absolute atomic E-state index is 0.00941. The summed E-state index contributed by atoms with van der Waals surface area (Å²) >= 11 is 12.2. The van der Waals surface area contributed by atoms with E-state index >= 15 is 0 Å². The number of amides is 2. The Morgan fingerprint density at radius 1 is 0.600 bits per heavy atom. The maximum absolute atomic E-state index is 14.6. The van der Waals surface area contributed by atoms with E-state index in [1.165, 1.54) is 12.4 Å². The molecule has 4 unspecified atom stereocenters. The highest BCUT2D eigenvalue weighted by Gasteiger charge is 2.29. The number of pyridine rings is 2. The number of nitrogens with one attached hydrogen (secondary N) is 6. The lowest BCUT2D eigenvalue weighted by Crippen LogP contribution is -2.43. The molecule has 3 fully saturated rings. The van der Waals surface area contributed by atoms with E-state index in [4.69, 9.17) is 23.2 Å². The van der Waals surface area contributed by atoms with Crippen LogP contribution in [-0.4, -0.2) is 75.9 Å². The van der Waals surface area contributed by atoms with Gasteiger partial charge in [-0.25, -0.2) is 38.7 Å². The minimum Gasteiger partial charge on any atom is -0.365 e. The van der Waals surface area contributed by atoms with Crippen molar-refractivity contribution < 1.29 is 18.4 Å². The molecule has 3 saturated carbocycles. The number of carbonyl (C=O) groups is 2. The first-order valence-electron chi connectivity index (χ1n) is 22.1. The number of hydrogen-bond acceptors (Lipinski definition) is 10. The molecule has 0 saturated heterocycles. The molecule has 2 amide bonds. The maximum atomic E-state index is 14.6. The lowest BCUT2D eigenvalue weighted by Gasteiger charge is -2.31. The summed E-state index contributed by atoms with van der Waals surface area (Å²) in [5.41, 5.74) is 3.36. The van der Waals surface area contributed by atoms with Crippen LogP contribution in [0.4, 0.5) is 20.4 Å². The Morgan fingerprint density at radius 2 is 1.09 bits per heavy atom. The third kappa shape index (κ3) is 10.5. The molecule has 14 nitrogen and oxygen atoms in total. The zero-order chi connectivity index (χ0) is 44.9. The molecule has 6 heterocycles. The number of nitrogens with zero attached hydrogens (tertiary/aromatic N) is 6. The summed E-state index contributed by atoms with van der Waals surface area (Å²) in [7, 11) is 0. The van der Waals surface area contributed by atoms with Gasteiger partial charge in [0.1, 0.15) is 11.3 Å². The quantitative estimate of drug-likeness (QED) is 0.0770. The number of anilines is 2. The second-order valence-electron chi connectivity index (χ2n) is 17.0. The van der Waals surface area contributed by atoms with Crippen LogP contribution in [0.15, 0.2) is 79.6 Å². The van der Waals surface area contributed by atoms with Gasteiger partial charge in [0.15, 0.2) is 34.9 Å². The molecule has 3 aliphatic rings. The first kappa shape index (κ1) is 44.0. The van der Waals surface area contributed by atoms with E-state index in [1.807, 2.05) is 18.2 Å². The maximum Gasteiger partial charge on any atom is 0.251 e. The molecule has 65 heavy (non-hydrogen) atoms. The van der Waals surface area contributed by atoms with E-state index in [9.17, 15) is 18.4 Å². The number of benzene rings is 1. The smallest absolute Gasteiger partial charge is 0.251 e. The van der Waals surface area contributed by atoms with Crippen LogP contribution in [-0.2, 0) is 4.79 Å². The van der Waals surface area contributed by atoms with Gasteiger partial charge in [0.05, 0.1) is 22.4 Å². The van der Waals surface area contributed by atoms with Gasteiger partial charge in [-0.1, -0.05) is 54.2 Å². The molecule has 1 aromatic carbocycles. The zero-order valence-corrected chi connectivity index (χ0v) is 36.9. The number of aromatic amines is 2. The number of carbonyl (C=O) groups excluding carboxylic acids is 2. The van der Waals surface area contributed by atoms with Gasteiger partial charge in [0.25, 0.3) is 5.91 Å². The van der Waals surface area contributed by atoms with Crippen LogP contribution in [0.5, 0.6) is 0 Å². The molecule has 10 rings (SSSR count). The molecular formula is C47H48Cl2F2N12O2. The molecule has 7 aromatic rings. The Bertz CT molecular complexity index is 2800. The van der Waals surface area contributed by atoms with E-state index in [1.54, 1.807) is 49.1 Å². The number of fused-ring (bicyclic) bond motifs is 2. The number of H-pyrrole nitrogens is 2. The van der Waals surface area contributed by atoms with Gasteiger partial charge in [-0.3, -0.25) is 9.59 Å². The normalized spacial score (nSPS) is 19.9. The van der Waals surface area contributed by atoms with Crippen LogP contribution in [0.25, 0.3) is 44.8 Å². The summed E-state index contributed by atoms with van der Waals surface area (Å²) in [4.78, 5) is 56.9. The van der Waals surface area contributed by atoms with E-state index < -0.39 is 11.6 Å². The number of aromatic nitrogens is 8. The van der Waals surface area contributed by atoms with Crippen LogP contribution >= 0.6 is 23.2 Å². The molecule has 18 heteroatoms. The first-order valence-corrected chi connectivity index (χ1v) is 22.9. The van der Waals surface area contributed by atoms with Crippen molar-refractivity contribution in [3.05, 3.63) is 107 Å². The Morgan fingerprint density at radius 3 is 1.62 bits per heavy atom. The standard InChI is InChI=1S/C24H22ClFN6O.C23H26ClFN6O/c25-15-9-18-19(12-28-21(18)27-11-15)22-29-13-20(26)23(32-22)30-16-7-4-8-17(10-16)31-24(33)14-5-2-1-3-6-14;24-14-8-17-18(11-27-20(17)26-10-14)21-28-12-19(25)22(31-21)29-15-6-3-7-16(9-15)30-23(32)13-4-1-2-5-13/h1-3,5-6,9,11-13,16-17H,4,7-8,10H2,(H,27,28)(H,31,33)(H,29,30,32);8,10-13,15-16H,1-7,9H2,(H,26,27)(H,30,32)(H,28,29,31). The lowest BCUT2D eigenvalue weighted by molar-refractivity contribution is -0.125. The minimum atomic E-state index is -0.523. The topological polar surface area (TPSA) is 191 Å². The molecule has 6 N–H and O–H groups in total. The van der Waals surface area contributed by atoms with E-state index in [2.05, 4.69) is 61.1 Å². The average molecular weight is 922 g/mol. The summed E-state index contributed by atoms with van der Waals surface area (Å²) < 4.78 is 29.1. The van der Waals surface area contributed by atoms with Gasteiger partial charge in [-0.2, -0.15) is 0 Å². The van der Waals surface area contributed by atoms with Crippen molar-refractivity contribution >= 4 is 68.7 Å². The molecule has 0 radical (unpaired) electrons. The Labute approximate surface area is 383 Å². The van der Waals surface area contributed by atoms with E-state index in [-0.39, 0.29) is 53.5 Å². The second kappa shape index (κ2) is 19.9. The molecular weight excluding hydrogens is 874 g/mol. The molecule has 4 atom stereocenters. The average Bonchev–Trinajstić information content (AvgIpc) is 4.10. The summed E-state index contributed by atoms with van der Waals surface area (Å²) in [5.74, 6) is 0.302. The fourth-order valence-corrected chi connectivity index (χ4v) is 9.49. The summed E-state index contributed by atoms with van der Waals surface area (Å²) in [6.07, 6.45) is 20.2. The van der Waals surface area contributed by atoms with Crippen molar-refractivity contribution in [2.45, 2.75) is 101 Å². The van der Waals surface area contributed by atoms with Crippen molar-refractivity contribution in [1.82, 2.24) is 50.5 Å². The van der Waals surface area contributed by atoms with Crippen molar-refractivity contribution in [3.63, 3.8) is 0 Å². The highest BCUT2D eigenvalue weighted by molar-refractivity contribution is 6.31. The SMILES string of the molecule is O=C(NC1CCCC(Nc2nc(-c3c[nH]c4ncc(Cl)cc34)ncc2F)C1)C1CCCC1.O=C(NC1CCCC(Nc2nc(-c3c[nH]c4ncc(Cl)cc34)ncc2F)C1)c1ccccc1. The van der Waals surface area contributed by atoms with Crippen molar-refractivity contribution in [2.24, 2.45) is 5.92 Å². The molecule has 0 aliphatic heterocycles. The van der Waals surface area contributed by atoms with Gasteiger partial charge < -0.3 is 31.2 Å². The Kier molecular flexibility index (Phi) is 13.4. The predicted octanol–water partition coefficient (Wildman–Crippen LogP) is 9.81. The lowest BCUT2D eigenvalue weighted by atomic mass is 9.90. The zero-order valence-electron chi connectivity index (χ0n) is 35.4. The predicted molar refractivity (Wildman–Crippen MR) is 248 cm³/mol. The summed E-state index contributed by atoms with van der Waals surface area (Å²) in [5, 5.41) is 15.3. The van der Waals surface area contributed by atoms with Gasteiger partial charge >= 0.3 is 0 Å². The van der Waals surface area contributed by atoms with Crippen LogP contribution in [0.2, 0.25) is 10.0 Å². The van der Waals surface area contributed by atoms with E-state index in [0.717, 1.165) is 81.4 Å². The number of rotatable bonds is 10.